The van der Waals surface area contributed by atoms with Crippen LogP contribution in [0.25, 0.3) is 76.2 Å². The summed E-state index contributed by atoms with van der Waals surface area (Å²) in [6, 6.07) is 46.7. The highest BCUT2D eigenvalue weighted by Crippen LogP contribution is 2.62. The minimum Gasteiger partial charge on any atom is -0.442 e. The fraction of sp³-hybridized carbons (Fsp3) is 0.241. The molecule has 1 aliphatic heterocycles. The molecule has 2 spiro atoms. The predicted octanol–water partition coefficient (Wildman–Crippen LogP) is 15.6. The van der Waals surface area contributed by atoms with Gasteiger partial charge in [0, 0.05) is 42.1 Å². The fourth-order valence-corrected chi connectivity index (χ4v) is 14.2. The molecule has 3 heterocycles. The normalized spacial score (nSPS) is 19.5. The first-order valence-electron chi connectivity index (χ1n) is 23.1. The molecule has 4 heteroatoms. The van der Waals surface area contributed by atoms with Crippen LogP contribution < -0.4 is 4.74 Å². The molecule has 0 saturated heterocycles. The van der Waals surface area contributed by atoms with Gasteiger partial charge in [-0.2, -0.15) is 4.98 Å². The van der Waals surface area contributed by atoms with E-state index in [1.807, 2.05) is 11.3 Å². The highest BCUT2D eigenvalue weighted by molar-refractivity contribution is 7.26. The first-order chi connectivity index (χ1) is 30.7. The second-order valence-electron chi connectivity index (χ2n) is 18.9. The van der Waals surface area contributed by atoms with Gasteiger partial charge in [-0.05, 0) is 130 Å². The molecule has 8 aromatic rings. The van der Waals surface area contributed by atoms with E-state index in [0.29, 0.717) is 11.7 Å². The maximum atomic E-state index is 6.49. The Hall–Kier alpha value is -6.10. The van der Waals surface area contributed by atoms with Crippen LogP contribution in [0.15, 0.2) is 145 Å². The van der Waals surface area contributed by atoms with Crippen LogP contribution in [-0.2, 0) is 10.8 Å². The van der Waals surface area contributed by atoms with Gasteiger partial charge in [-0.25, -0.2) is 4.98 Å². The van der Waals surface area contributed by atoms with Gasteiger partial charge in [0.1, 0.15) is 5.76 Å². The number of benzene rings is 6. The lowest BCUT2D eigenvalue weighted by molar-refractivity contribution is 0.350. The van der Waals surface area contributed by atoms with Gasteiger partial charge < -0.3 is 4.74 Å². The number of hydrogen-bond acceptors (Lipinski definition) is 4. The number of allylic oxidation sites excluding steroid dienone is 4. The molecule has 2 saturated carbocycles. The van der Waals surface area contributed by atoms with E-state index in [4.69, 9.17) is 14.7 Å². The summed E-state index contributed by atoms with van der Waals surface area (Å²) < 4.78 is 8.98. The molecule has 0 radical (unpaired) electrons. The molecule has 2 aromatic heterocycles. The smallest absolute Gasteiger partial charge is 0.226 e. The zero-order chi connectivity index (χ0) is 40.6. The molecule has 2 fully saturated rings. The molecule has 14 rings (SSSR count). The highest BCUT2D eigenvalue weighted by atomic mass is 32.1. The third-order valence-corrected chi connectivity index (χ3v) is 17.1. The number of nitrogens with zero attached hydrogens (tertiary/aromatic N) is 2. The maximum Gasteiger partial charge on any atom is 0.226 e. The average Bonchev–Trinajstić information content (AvgIpc) is 4.05. The molecular formula is C58H46N2OS. The van der Waals surface area contributed by atoms with Crippen LogP contribution in [0.4, 0.5) is 0 Å². The van der Waals surface area contributed by atoms with Crippen LogP contribution in [0.2, 0.25) is 0 Å². The second-order valence-corrected chi connectivity index (χ2v) is 20.0. The molecule has 0 bridgehead atoms. The molecule has 3 nitrogen and oxygen atoms in total. The molecule has 5 aliphatic carbocycles. The lowest BCUT2D eigenvalue weighted by Gasteiger charge is -2.37. The van der Waals surface area contributed by atoms with E-state index in [9.17, 15) is 0 Å². The molecule has 1 unspecified atom stereocenters. The number of ether oxygens (including phenoxy) is 1. The molecule has 0 N–H and O–H groups in total. The fourth-order valence-electron chi connectivity index (χ4n) is 13.0. The van der Waals surface area contributed by atoms with Crippen molar-refractivity contribution in [2.75, 3.05) is 0 Å². The summed E-state index contributed by atoms with van der Waals surface area (Å²) in [5.41, 5.74) is 19.4. The third-order valence-electron chi connectivity index (χ3n) is 15.9. The Morgan fingerprint density at radius 3 is 2.02 bits per heavy atom. The monoisotopic (exact) mass is 818 g/mol. The Bertz CT molecular complexity index is 3270. The largest absolute Gasteiger partial charge is 0.442 e. The van der Waals surface area contributed by atoms with Crippen LogP contribution in [-0.4, -0.2) is 9.97 Å². The Morgan fingerprint density at radius 1 is 0.532 bits per heavy atom. The van der Waals surface area contributed by atoms with E-state index in [1.165, 1.54) is 118 Å². The molecular weight excluding hydrogens is 773 g/mol. The van der Waals surface area contributed by atoms with Crippen LogP contribution >= 0.6 is 11.3 Å². The first-order valence-corrected chi connectivity index (χ1v) is 23.9. The second kappa shape index (κ2) is 13.2. The number of fused-ring (bicyclic) bond motifs is 16. The van der Waals surface area contributed by atoms with E-state index >= 15 is 0 Å². The van der Waals surface area contributed by atoms with Gasteiger partial charge in [-0.3, -0.25) is 0 Å². The number of thiophene rings is 1. The van der Waals surface area contributed by atoms with E-state index in [0.717, 1.165) is 34.6 Å². The maximum absolute atomic E-state index is 6.49. The number of aromatic nitrogens is 2. The van der Waals surface area contributed by atoms with Crippen LogP contribution in [0.3, 0.4) is 0 Å². The van der Waals surface area contributed by atoms with Crippen molar-refractivity contribution < 1.29 is 4.74 Å². The zero-order valence-electron chi connectivity index (χ0n) is 34.8. The van der Waals surface area contributed by atoms with E-state index in [1.54, 1.807) is 22.3 Å². The van der Waals surface area contributed by atoms with E-state index in [-0.39, 0.29) is 16.7 Å². The number of rotatable bonds is 3. The van der Waals surface area contributed by atoms with Crippen LogP contribution in [0.1, 0.15) is 104 Å². The summed E-state index contributed by atoms with van der Waals surface area (Å²) in [6.07, 6.45) is 20.2. The van der Waals surface area contributed by atoms with Gasteiger partial charge >= 0.3 is 0 Å². The van der Waals surface area contributed by atoms with Crippen molar-refractivity contribution >= 4 is 31.5 Å². The van der Waals surface area contributed by atoms with Crippen molar-refractivity contribution in [1.29, 1.82) is 0 Å². The molecule has 1 atom stereocenters. The first kappa shape index (κ1) is 35.5. The van der Waals surface area contributed by atoms with Crippen molar-refractivity contribution in [3.05, 3.63) is 173 Å². The van der Waals surface area contributed by atoms with Crippen molar-refractivity contribution in [1.82, 2.24) is 9.97 Å². The summed E-state index contributed by atoms with van der Waals surface area (Å²) in [5, 5.41) is 2.53. The minimum absolute atomic E-state index is 0.106. The van der Waals surface area contributed by atoms with Crippen molar-refractivity contribution in [2.45, 2.75) is 87.4 Å². The van der Waals surface area contributed by atoms with Crippen LogP contribution in [0.5, 0.6) is 5.88 Å². The van der Waals surface area contributed by atoms with Gasteiger partial charge in [0.2, 0.25) is 5.88 Å². The Kier molecular flexibility index (Phi) is 7.56. The Labute approximate surface area is 366 Å². The number of hydrogen-bond donors (Lipinski definition) is 0. The molecule has 6 aromatic carbocycles. The van der Waals surface area contributed by atoms with Gasteiger partial charge in [-0.15, -0.1) is 11.3 Å². The third kappa shape index (κ3) is 4.87. The Balaban J connectivity index is 0.902. The van der Waals surface area contributed by atoms with Crippen molar-refractivity contribution in [2.24, 2.45) is 0 Å². The SMILES string of the molecule is C1=CCC2C(=C1)Oc1nc(-c3cccc4c3sc3ccc(-c5ccc6c(c5)-c5cc7c(cc5C65CCCCC5)-c5ccccc5C75CCCCC5)cc34)nc(-c3ccccc3)c12. The zero-order valence-corrected chi connectivity index (χ0v) is 35.7. The summed E-state index contributed by atoms with van der Waals surface area (Å²) >= 11 is 1.84. The minimum atomic E-state index is 0.106. The summed E-state index contributed by atoms with van der Waals surface area (Å²) in [5.74, 6) is 2.51. The Morgan fingerprint density at radius 2 is 1.21 bits per heavy atom. The van der Waals surface area contributed by atoms with Crippen molar-refractivity contribution in [3.63, 3.8) is 0 Å². The average molecular weight is 819 g/mol. The van der Waals surface area contributed by atoms with Gasteiger partial charge in [0.05, 0.1) is 17.2 Å². The summed E-state index contributed by atoms with van der Waals surface area (Å²) in [7, 11) is 0. The van der Waals surface area contributed by atoms with Gasteiger partial charge in [-0.1, -0.05) is 136 Å². The van der Waals surface area contributed by atoms with Gasteiger partial charge in [0.25, 0.3) is 0 Å². The molecule has 300 valence electrons. The lowest BCUT2D eigenvalue weighted by Crippen LogP contribution is -2.29. The predicted molar refractivity (Wildman–Crippen MR) is 255 cm³/mol. The molecule has 0 amide bonds. The van der Waals surface area contributed by atoms with E-state index < -0.39 is 0 Å². The summed E-state index contributed by atoms with van der Waals surface area (Å²) in [6.45, 7) is 0. The van der Waals surface area contributed by atoms with Gasteiger partial charge in [0.15, 0.2) is 5.82 Å². The standard InChI is InChI=1S/C58H46N2OS/c1-4-15-35(16-5-1)53-52-40-18-7-9-22-50(40)61-56(52)60-55(59-53)41-20-14-19-39-45-32-37(24-26-51(45)62-54(39)41)36-23-25-47-42(31-36)44-34-48-43(33-49(44)58(47)29-12-3-13-30-58)38-17-6-8-21-46(38)57(48)27-10-2-11-28-57/h1,4-9,14-17,19-26,31-34,40H,2-3,10-13,18,27-30H2. The summed E-state index contributed by atoms with van der Waals surface area (Å²) in [4.78, 5) is 10.5. The van der Waals surface area contributed by atoms with E-state index in [2.05, 4.69) is 140 Å². The topological polar surface area (TPSA) is 35.0 Å². The molecule has 6 aliphatic rings. The quantitative estimate of drug-likeness (QED) is 0.178. The van der Waals surface area contributed by atoms with Crippen LogP contribution in [0, 0.1) is 0 Å². The lowest BCUT2D eigenvalue weighted by atomic mass is 9.66. The molecule has 62 heavy (non-hydrogen) atoms. The van der Waals surface area contributed by atoms with Crippen molar-refractivity contribution in [3.8, 4) is 61.9 Å². The highest BCUT2D eigenvalue weighted by Gasteiger charge is 2.49.